The molecule has 1 heteroatoms. The van der Waals surface area contributed by atoms with Crippen LogP contribution in [0.1, 0.15) is 58.3 Å². The van der Waals surface area contributed by atoms with Crippen molar-refractivity contribution >= 4 is 0 Å². The van der Waals surface area contributed by atoms with Gasteiger partial charge in [-0.1, -0.05) is 26.2 Å². The van der Waals surface area contributed by atoms with Gasteiger partial charge in [-0.2, -0.15) is 0 Å². The SMILES string of the molecule is CCC1(C(O)C2CCC2)CCCC1. The molecule has 0 heterocycles. The van der Waals surface area contributed by atoms with Gasteiger partial charge in [0.25, 0.3) is 0 Å². The molecule has 0 saturated heterocycles. The number of rotatable bonds is 3. The van der Waals surface area contributed by atoms with Crippen molar-refractivity contribution < 1.29 is 5.11 Å². The normalized spacial score (nSPS) is 30.0. The zero-order valence-electron chi connectivity index (χ0n) is 8.76. The fourth-order valence-corrected chi connectivity index (χ4v) is 3.19. The van der Waals surface area contributed by atoms with E-state index in [0.717, 1.165) is 0 Å². The molecule has 0 amide bonds. The van der Waals surface area contributed by atoms with Crippen molar-refractivity contribution in [2.75, 3.05) is 0 Å². The maximum atomic E-state index is 10.3. The van der Waals surface area contributed by atoms with Gasteiger partial charge in [-0.15, -0.1) is 0 Å². The first kappa shape index (κ1) is 9.51. The van der Waals surface area contributed by atoms with Crippen molar-refractivity contribution in [3.63, 3.8) is 0 Å². The van der Waals surface area contributed by atoms with E-state index in [1.54, 1.807) is 0 Å². The van der Waals surface area contributed by atoms with Gasteiger partial charge in [0.05, 0.1) is 6.10 Å². The molecule has 0 aromatic heterocycles. The van der Waals surface area contributed by atoms with Gasteiger partial charge in [0.1, 0.15) is 0 Å². The Labute approximate surface area is 81.5 Å². The summed E-state index contributed by atoms with van der Waals surface area (Å²) in [6.45, 7) is 2.26. The average Bonchev–Trinajstić information content (AvgIpc) is 2.49. The molecule has 13 heavy (non-hydrogen) atoms. The number of aliphatic hydroxyl groups is 1. The van der Waals surface area contributed by atoms with Crippen molar-refractivity contribution in [3.8, 4) is 0 Å². The molecule has 0 spiro atoms. The highest BCUT2D eigenvalue weighted by Crippen LogP contribution is 2.49. The van der Waals surface area contributed by atoms with Crippen LogP contribution in [0, 0.1) is 11.3 Å². The molecule has 0 aliphatic heterocycles. The zero-order chi connectivity index (χ0) is 9.31. The summed E-state index contributed by atoms with van der Waals surface area (Å²) in [6, 6.07) is 0. The van der Waals surface area contributed by atoms with Crippen LogP contribution < -0.4 is 0 Å². The van der Waals surface area contributed by atoms with E-state index in [2.05, 4.69) is 6.92 Å². The fourth-order valence-electron chi connectivity index (χ4n) is 3.19. The largest absolute Gasteiger partial charge is 0.392 e. The van der Waals surface area contributed by atoms with Crippen molar-refractivity contribution in [2.24, 2.45) is 11.3 Å². The predicted octanol–water partition coefficient (Wildman–Crippen LogP) is 3.12. The number of hydrogen-bond acceptors (Lipinski definition) is 1. The van der Waals surface area contributed by atoms with E-state index < -0.39 is 0 Å². The Morgan fingerprint density at radius 3 is 2.23 bits per heavy atom. The van der Waals surface area contributed by atoms with Crippen molar-refractivity contribution in [3.05, 3.63) is 0 Å². The second-order valence-electron chi connectivity index (χ2n) is 5.06. The lowest BCUT2D eigenvalue weighted by molar-refractivity contribution is -0.0445. The third-order valence-electron chi connectivity index (χ3n) is 4.53. The van der Waals surface area contributed by atoms with E-state index in [9.17, 15) is 5.11 Å². The Bertz CT molecular complexity index is 166. The Balaban J connectivity index is 2.01. The van der Waals surface area contributed by atoms with Gasteiger partial charge in [0.2, 0.25) is 0 Å². The maximum Gasteiger partial charge on any atom is 0.0624 e. The lowest BCUT2D eigenvalue weighted by Crippen LogP contribution is -2.40. The third kappa shape index (κ3) is 1.52. The van der Waals surface area contributed by atoms with Crippen LogP contribution in [0.5, 0.6) is 0 Å². The second-order valence-corrected chi connectivity index (χ2v) is 5.06. The quantitative estimate of drug-likeness (QED) is 0.711. The summed E-state index contributed by atoms with van der Waals surface area (Å²) in [7, 11) is 0. The van der Waals surface area contributed by atoms with Crippen LogP contribution in [0.15, 0.2) is 0 Å². The molecule has 1 atom stereocenters. The Kier molecular flexibility index (Phi) is 2.64. The maximum absolute atomic E-state index is 10.3. The Hall–Kier alpha value is -0.0400. The first-order valence-electron chi connectivity index (χ1n) is 5.96. The molecule has 2 saturated carbocycles. The molecule has 1 nitrogen and oxygen atoms in total. The lowest BCUT2D eigenvalue weighted by atomic mass is 9.67. The van der Waals surface area contributed by atoms with Crippen LogP contribution in [0.2, 0.25) is 0 Å². The third-order valence-corrected chi connectivity index (χ3v) is 4.53. The molecule has 1 N–H and O–H groups in total. The minimum absolute atomic E-state index is 0.0220. The molecule has 2 aliphatic rings. The number of aliphatic hydroxyl groups excluding tert-OH is 1. The second kappa shape index (κ2) is 3.61. The molecule has 2 aliphatic carbocycles. The predicted molar refractivity (Wildman–Crippen MR) is 54.5 cm³/mol. The molecule has 76 valence electrons. The van der Waals surface area contributed by atoms with Crippen LogP contribution >= 0.6 is 0 Å². The molecule has 0 radical (unpaired) electrons. The van der Waals surface area contributed by atoms with E-state index in [1.807, 2.05) is 0 Å². The van der Waals surface area contributed by atoms with E-state index in [-0.39, 0.29) is 6.10 Å². The summed E-state index contributed by atoms with van der Waals surface area (Å²) in [5.74, 6) is 0.651. The summed E-state index contributed by atoms with van der Waals surface area (Å²) < 4.78 is 0. The highest BCUT2D eigenvalue weighted by molar-refractivity contribution is 4.94. The van der Waals surface area contributed by atoms with Crippen molar-refractivity contribution in [1.82, 2.24) is 0 Å². The van der Waals surface area contributed by atoms with E-state index in [1.165, 1.54) is 51.4 Å². The van der Waals surface area contributed by atoms with Gasteiger partial charge < -0.3 is 5.11 Å². The summed E-state index contributed by atoms with van der Waals surface area (Å²) >= 11 is 0. The van der Waals surface area contributed by atoms with Crippen LogP contribution in [0.25, 0.3) is 0 Å². The van der Waals surface area contributed by atoms with Crippen molar-refractivity contribution in [1.29, 1.82) is 0 Å². The van der Waals surface area contributed by atoms with E-state index in [0.29, 0.717) is 11.3 Å². The van der Waals surface area contributed by atoms with E-state index in [4.69, 9.17) is 0 Å². The fraction of sp³-hybridized carbons (Fsp3) is 1.00. The van der Waals surface area contributed by atoms with Gasteiger partial charge in [-0.25, -0.2) is 0 Å². The van der Waals surface area contributed by atoms with Crippen LogP contribution in [-0.4, -0.2) is 11.2 Å². The molecule has 1 unspecified atom stereocenters. The minimum Gasteiger partial charge on any atom is -0.392 e. The standard InChI is InChI=1S/C12H22O/c1-2-12(8-3-4-9-12)11(13)10-6-5-7-10/h10-11,13H,2-9H2,1H3. The smallest absolute Gasteiger partial charge is 0.0624 e. The highest BCUT2D eigenvalue weighted by atomic mass is 16.3. The van der Waals surface area contributed by atoms with E-state index >= 15 is 0 Å². The number of hydrogen-bond donors (Lipinski definition) is 1. The molecule has 0 bridgehead atoms. The monoisotopic (exact) mass is 182 g/mol. The lowest BCUT2D eigenvalue weighted by Gasteiger charge is -2.42. The molecule has 2 rings (SSSR count). The zero-order valence-corrected chi connectivity index (χ0v) is 8.76. The van der Waals surface area contributed by atoms with Gasteiger partial charge in [-0.05, 0) is 43.4 Å². The summed E-state index contributed by atoms with van der Waals surface area (Å²) in [4.78, 5) is 0. The summed E-state index contributed by atoms with van der Waals surface area (Å²) in [5, 5.41) is 10.3. The average molecular weight is 182 g/mol. The van der Waals surface area contributed by atoms with Crippen LogP contribution in [-0.2, 0) is 0 Å². The van der Waals surface area contributed by atoms with Crippen LogP contribution in [0.4, 0.5) is 0 Å². The Morgan fingerprint density at radius 2 is 1.85 bits per heavy atom. The van der Waals surface area contributed by atoms with Gasteiger partial charge in [0.15, 0.2) is 0 Å². The minimum atomic E-state index is 0.0220. The molecule has 0 aromatic carbocycles. The molecule has 0 aromatic rings. The molecule has 2 fully saturated rings. The summed E-state index contributed by atoms with van der Waals surface area (Å²) in [6.07, 6.45) is 10.4. The highest BCUT2D eigenvalue weighted by Gasteiger charge is 2.43. The van der Waals surface area contributed by atoms with Gasteiger partial charge in [0, 0.05) is 0 Å². The van der Waals surface area contributed by atoms with Gasteiger partial charge in [-0.3, -0.25) is 0 Å². The van der Waals surface area contributed by atoms with Gasteiger partial charge >= 0.3 is 0 Å². The summed E-state index contributed by atoms with van der Waals surface area (Å²) in [5.41, 5.74) is 0.324. The molecular weight excluding hydrogens is 160 g/mol. The Morgan fingerprint density at radius 1 is 1.23 bits per heavy atom. The first-order valence-corrected chi connectivity index (χ1v) is 5.96. The first-order chi connectivity index (χ1) is 6.28. The van der Waals surface area contributed by atoms with Crippen molar-refractivity contribution in [2.45, 2.75) is 64.4 Å². The van der Waals surface area contributed by atoms with Crippen LogP contribution in [0.3, 0.4) is 0 Å². The topological polar surface area (TPSA) is 20.2 Å². The molecular formula is C12H22O.